The summed E-state index contributed by atoms with van der Waals surface area (Å²) in [5, 5.41) is 9.17. The van der Waals surface area contributed by atoms with Gasteiger partial charge in [-0.1, -0.05) is 11.6 Å². The summed E-state index contributed by atoms with van der Waals surface area (Å²) in [5.74, 6) is -0.631. The molecule has 1 rings (SSSR count). The number of carboxylic acids is 1. The Morgan fingerprint density at radius 3 is 2.62 bits per heavy atom. The highest BCUT2D eigenvalue weighted by Crippen LogP contribution is 2.23. The SMILES string of the molecule is CSc1nc(C)nc(Cl)c1C(=O)O. The van der Waals surface area contributed by atoms with E-state index >= 15 is 0 Å². The zero-order valence-corrected chi connectivity index (χ0v) is 8.61. The Morgan fingerprint density at radius 2 is 2.15 bits per heavy atom. The minimum Gasteiger partial charge on any atom is -0.477 e. The summed E-state index contributed by atoms with van der Waals surface area (Å²) in [6, 6.07) is 0. The van der Waals surface area contributed by atoms with Gasteiger partial charge in [-0.25, -0.2) is 14.8 Å². The van der Waals surface area contributed by atoms with E-state index in [2.05, 4.69) is 9.97 Å². The van der Waals surface area contributed by atoms with Crippen LogP contribution in [0.15, 0.2) is 5.03 Å². The number of nitrogens with zero attached hydrogens (tertiary/aromatic N) is 2. The van der Waals surface area contributed by atoms with Crippen molar-refractivity contribution in [3.8, 4) is 0 Å². The Balaban J connectivity index is 3.38. The molecule has 0 atom stereocenters. The van der Waals surface area contributed by atoms with Crippen LogP contribution in [0.2, 0.25) is 5.15 Å². The summed E-state index contributed by atoms with van der Waals surface area (Å²) < 4.78 is 0. The fourth-order valence-corrected chi connectivity index (χ4v) is 1.80. The highest BCUT2D eigenvalue weighted by molar-refractivity contribution is 7.98. The first-order valence-corrected chi connectivity index (χ1v) is 4.98. The van der Waals surface area contributed by atoms with E-state index in [0.717, 1.165) is 0 Å². The van der Waals surface area contributed by atoms with Gasteiger partial charge in [0.2, 0.25) is 0 Å². The van der Waals surface area contributed by atoms with Gasteiger partial charge in [-0.2, -0.15) is 0 Å². The molecule has 0 radical (unpaired) electrons. The molecule has 1 aromatic heterocycles. The summed E-state index contributed by atoms with van der Waals surface area (Å²) in [7, 11) is 0. The number of carboxylic acid groups (broad SMARTS) is 1. The highest BCUT2D eigenvalue weighted by Gasteiger charge is 2.17. The van der Waals surface area contributed by atoms with E-state index in [1.54, 1.807) is 13.2 Å². The zero-order valence-electron chi connectivity index (χ0n) is 7.04. The number of halogens is 1. The quantitative estimate of drug-likeness (QED) is 0.607. The summed E-state index contributed by atoms with van der Waals surface area (Å²) in [6.07, 6.45) is 1.74. The van der Waals surface area contributed by atoms with Crippen LogP contribution >= 0.6 is 23.4 Å². The van der Waals surface area contributed by atoms with Gasteiger partial charge >= 0.3 is 5.97 Å². The first-order valence-electron chi connectivity index (χ1n) is 3.37. The fraction of sp³-hybridized carbons (Fsp3) is 0.286. The average molecular weight is 219 g/mol. The molecule has 6 heteroatoms. The molecule has 0 saturated heterocycles. The van der Waals surface area contributed by atoms with Gasteiger partial charge in [-0.3, -0.25) is 0 Å². The van der Waals surface area contributed by atoms with Gasteiger partial charge in [0.05, 0.1) is 0 Å². The molecule has 0 aliphatic heterocycles. The third-order valence-corrected chi connectivity index (χ3v) is 2.31. The number of thioether (sulfide) groups is 1. The lowest BCUT2D eigenvalue weighted by Crippen LogP contribution is -2.05. The van der Waals surface area contributed by atoms with Crippen molar-refractivity contribution in [2.45, 2.75) is 11.9 Å². The second-order valence-corrected chi connectivity index (χ2v) is 3.40. The van der Waals surface area contributed by atoms with Crippen LogP contribution in [0.1, 0.15) is 16.2 Å². The molecule has 0 unspecified atom stereocenters. The predicted octanol–water partition coefficient (Wildman–Crippen LogP) is 1.86. The Labute approximate surface area is 84.3 Å². The van der Waals surface area contributed by atoms with Crippen LogP contribution in [0.4, 0.5) is 0 Å². The van der Waals surface area contributed by atoms with Crippen LogP contribution in [-0.4, -0.2) is 27.3 Å². The highest BCUT2D eigenvalue weighted by atomic mass is 35.5. The van der Waals surface area contributed by atoms with Crippen molar-refractivity contribution in [1.29, 1.82) is 0 Å². The second kappa shape index (κ2) is 3.93. The van der Waals surface area contributed by atoms with Crippen molar-refractivity contribution in [2.75, 3.05) is 6.26 Å². The van der Waals surface area contributed by atoms with Gasteiger partial charge in [0, 0.05) is 0 Å². The molecule has 4 nitrogen and oxygen atoms in total. The lowest BCUT2D eigenvalue weighted by Gasteiger charge is -2.04. The third-order valence-electron chi connectivity index (χ3n) is 1.35. The maximum absolute atomic E-state index is 10.7. The molecule has 0 aliphatic carbocycles. The molecule has 0 aromatic carbocycles. The van der Waals surface area contributed by atoms with E-state index in [4.69, 9.17) is 16.7 Å². The van der Waals surface area contributed by atoms with Crippen LogP contribution in [0, 0.1) is 6.92 Å². The van der Waals surface area contributed by atoms with E-state index in [9.17, 15) is 4.79 Å². The van der Waals surface area contributed by atoms with Crippen LogP contribution in [0.25, 0.3) is 0 Å². The molecule has 0 aliphatic rings. The van der Waals surface area contributed by atoms with Crippen LogP contribution in [0.3, 0.4) is 0 Å². The topological polar surface area (TPSA) is 63.1 Å². The molecular weight excluding hydrogens is 212 g/mol. The molecule has 0 fully saturated rings. The number of aryl methyl sites for hydroxylation is 1. The van der Waals surface area contributed by atoms with E-state index in [0.29, 0.717) is 10.9 Å². The first kappa shape index (κ1) is 10.3. The fourth-order valence-electron chi connectivity index (χ4n) is 0.841. The first-order chi connectivity index (χ1) is 6.06. The third kappa shape index (κ3) is 2.10. The molecule has 1 heterocycles. The Hall–Kier alpha value is -0.810. The second-order valence-electron chi connectivity index (χ2n) is 2.25. The van der Waals surface area contributed by atoms with E-state index < -0.39 is 5.97 Å². The van der Waals surface area contributed by atoms with Gasteiger partial charge in [0.15, 0.2) is 0 Å². The molecule has 13 heavy (non-hydrogen) atoms. The summed E-state index contributed by atoms with van der Waals surface area (Å²) in [4.78, 5) is 18.5. The minimum absolute atomic E-state index is 0.00986. The average Bonchev–Trinajstić information content (AvgIpc) is 2.01. The number of aromatic nitrogens is 2. The van der Waals surface area contributed by atoms with Crippen LogP contribution < -0.4 is 0 Å². The predicted molar refractivity (Wildman–Crippen MR) is 50.5 cm³/mol. The molecule has 1 N–H and O–H groups in total. The number of hydrogen-bond donors (Lipinski definition) is 1. The smallest absolute Gasteiger partial charge is 0.341 e. The van der Waals surface area contributed by atoms with E-state index in [1.165, 1.54) is 11.8 Å². The van der Waals surface area contributed by atoms with Gasteiger partial charge in [0.25, 0.3) is 0 Å². The lowest BCUT2D eigenvalue weighted by atomic mass is 10.3. The maximum atomic E-state index is 10.7. The van der Waals surface area contributed by atoms with Gasteiger partial charge in [-0.05, 0) is 13.2 Å². The van der Waals surface area contributed by atoms with Crippen LogP contribution in [-0.2, 0) is 0 Å². The van der Waals surface area contributed by atoms with Gasteiger partial charge < -0.3 is 5.11 Å². The van der Waals surface area contributed by atoms with Gasteiger partial charge in [0.1, 0.15) is 21.6 Å². The lowest BCUT2D eigenvalue weighted by molar-refractivity contribution is 0.0692. The van der Waals surface area contributed by atoms with Crippen molar-refractivity contribution >= 4 is 29.3 Å². The monoisotopic (exact) mass is 218 g/mol. The van der Waals surface area contributed by atoms with Crippen molar-refractivity contribution in [2.24, 2.45) is 0 Å². The standard InChI is InChI=1S/C7H7ClN2O2S/c1-3-9-5(8)4(7(11)12)6(10-3)13-2/h1-2H3,(H,11,12). The largest absolute Gasteiger partial charge is 0.477 e. The molecule has 70 valence electrons. The Bertz CT molecular complexity index is 357. The molecule has 0 bridgehead atoms. The summed E-state index contributed by atoms with van der Waals surface area (Å²) in [5.41, 5.74) is -0.0280. The Kier molecular flexibility index (Phi) is 3.11. The van der Waals surface area contributed by atoms with Crippen molar-refractivity contribution in [3.05, 3.63) is 16.5 Å². The van der Waals surface area contributed by atoms with E-state index in [1.807, 2.05) is 0 Å². The van der Waals surface area contributed by atoms with Crippen molar-refractivity contribution in [1.82, 2.24) is 9.97 Å². The molecule has 1 aromatic rings. The number of hydrogen-bond acceptors (Lipinski definition) is 4. The molecule has 0 saturated carbocycles. The number of carbonyl (C=O) groups is 1. The Morgan fingerprint density at radius 1 is 1.54 bits per heavy atom. The number of rotatable bonds is 2. The van der Waals surface area contributed by atoms with Gasteiger partial charge in [-0.15, -0.1) is 11.8 Å². The normalized spacial score (nSPS) is 10.1. The molecule has 0 spiro atoms. The van der Waals surface area contributed by atoms with E-state index in [-0.39, 0.29) is 10.7 Å². The molecular formula is C7H7ClN2O2S. The minimum atomic E-state index is -1.10. The van der Waals surface area contributed by atoms with Crippen molar-refractivity contribution in [3.63, 3.8) is 0 Å². The van der Waals surface area contributed by atoms with Crippen molar-refractivity contribution < 1.29 is 9.90 Å². The van der Waals surface area contributed by atoms with Crippen LogP contribution in [0.5, 0.6) is 0 Å². The zero-order chi connectivity index (χ0) is 10.0. The summed E-state index contributed by atoms with van der Waals surface area (Å²) >= 11 is 6.90. The molecule has 0 amide bonds. The maximum Gasteiger partial charge on any atom is 0.341 e. The summed E-state index contributed by atoms with van der Waals surface area (Å²) in [6.45, 7) is 1.66. The number of aromatic carboxylic acids is 1.